The summed E-state index contributed by atoms with van der Waals surface area (Å²) in [7, 11) is 0. The van der Waals surface area contributed by atoms with Crippen molar-refractivity contribution in [3.05, 3.63) is 22.4 Å². The molecule has 16 heavy (non-hydrogen) atoms. The van der Waals surface area contributed by atoms with E-state index in [-0.39, 0.29) is 0 Å². The Kier molecular flexibility index (Phi) is 5.87. The molecule has 1 nitrogen and oxygen atoms in total. The molecule has 0 amide bonds. The lowest BCUT2D eigenvalue weighted by atomic mass is 10.0. The van der Waals surface area contributed by atoms with E-state index in [1.165, 1.54) is 18.4 Å². The van der Waals surface area contributed by atoms with Crippen LogP contribution in [0.15, 0.2) is 16.8 Å². The summed E-state index contributed by atoms with van der Waals surface area (Å²) < 4.78 is 0.407. The Morgan fingerprint density at radius 1 is 1.44 bits per heavy atom. The molecule has 0 fully saturated rings. The van der Waals surface area contributed by atoms with Crippen LogP contribution in [0.5, 0.6) is 0 Å². The van der Waals surface area contributed by atoms with Crippen molar-refractivity contribution in [2.75, 3.05) is 12.8 Å². The third-order valence-electron chi connectivity index (χ3n) is 3.50. The molecule has 0 aliphatic heterocycles. The molecule has 0 saturated heterocycles. The molecule has 1 heterocycles. The summed E-state index contributed by atoms with van der Waals surface area (Å²) in [6.45, 7) is 7.92. The number of rotatable bonds is 7. The molecule has 0 bridgehead atoms. The van der Waals surface area contributed by atoms with Crippen molar-refractivity contribution in [3.8, 4) is 0 Å². The van der Waals surface area contributed by atoms with Crippen LogP contribution in [0.3, 0.4) is 0 Å². The summed E-state index contributed by atoms with van der Waals surface area (Å²) in [5, 5.41) is 8.04. The Bertz CT molecular complexity index is 270. The number of thioether (sulfide) groups is 1. The van der Waals surface area contributed by atoms with Gasteiger partial charge in [-0.2, -0.15) is 23.1 Å². The van der Waals surface area contributed by atoms with E-state index < -0.39 is 0 Å². The van der Waals surface area contributed by atoms with Gasteiger partial charge in [0.1, 0.15) is 0 Å². The van der Waals surface area contributed by atoms with E-state index in [1.807, 2.05) is 11.8 Å². The van der Waals surface area contributed by atoms with Gasteiger partial charge in [-0.25, -0.2) is 0 Å². The molecule has 1 aromatic rings. The van der Waals surface area contributed by atoms with Gasteiger partial charge in [0.25, 0.3) is 0 Å². The maximum Gasteiger partial charge on any atom is 0.0300 e. The zero-order valence-electron chi connectivity index (χ0n) is 10.7. The second-order valence-corrected chi connectivity index (χ2v) is 6.31. The lowest BCUT2D eigenvalue weighted by Crippen LogP contribution is -2.37. The average Bonchev–Trinajstić information content (AvgIpc) is 2.85. The summed E-state index contributed by atoms with van der Waals surface area (Å²) >= 11 is 3.77. The first-order valence-corrected chi connectivity index (χ1v) is 8.15. The van der Waals surface area contributed by atoms with Gasteiger partial charge in [0.15, 0.2) is 0 Å². The van der Waals surface area contributed by atoms with Gasteiger partial charge in [-0.15, -0.1) is 0 Å². The molecule has 0 radical (unpaired) electrons. The quantitative estimate of drug-likeness (QED) is 0.780. The van der Waals surface area contributed by atoms with Crippen molar-refractivity contribution in [1.29, 1.82) is 0 Å². The fourth-order valence-electron chi connectivity index (χ4n) is 1.84. The molecule has 1 unspecified atom stereocenters. The predicted octanol–water partition coefficient (Wildman–Crippen LogP) is 4.32. The van der Waals surface area contributed by atoms with Crippen LogP contribution in [0, 0.1) is 0 Å². The molecular formula is C13H23NS2. The van der Waals surface area contributed by atoms with E-state index in [1.54, 1.807) is 11.3 Å². The van der Waals surface area contributed by atoms with Crippen molar-refractivity contribution in [2.45, 2.75) is 44.4 Å². The largest absolute Gasteiger partial charge is 0.309 e. The Morgan fingerprint density at radius 3 is 2.56 bits per heavy atom. The first-order chi connectivity index (χ1) is 7.67. The van der Waals surface area contributed by atoms with Gasteiger partial charge in [0.05, 0.1) is 0 Å². The van der Waals surface area contributed by atoms with Gasteiger partial charge in [0, 0.05) is 17.3 Å². The van der Waals surface area contributed by atoms with Crippen molar-refractivity contribution < 1.29 is 0 Å². The fourth-order valence-corrected chi connectivity index (χ4v) is 3.40. The van der Waals surface area contributed by atoms with Gasteiger partial charge < -0.3 is 5.32 Å². The maximum atomic E-state index is 3.66. The summed E-state index contributed by atoms with van der Waals surface area (Å²) in [4.78, 5) is 0. The van der Waals surface area contributed by atoms with Crippen LogP contribution in [0.25, 0.3) is 0 Å². The van der Waals surface area contributed by atoms with Gasteiger partial charge >= 0.3 is 0 Å². The third-order valence-corrected chi connectivity index (χ3v) is 5.78. The van der Waals surface area contributed by atoms with Crippen molar-refractivity contribution in [1.82, 2.24) is 5.32 Å². The second-order valence-electron chi connectivity index (χ2n) is 4.25. The molecule has 92 valence electrons. The zero-order chi connectivity index (χ0) is 12.0. The molecule has 0 aromatic carbocycles. The lowest BCUT2D eigenvalue weighted by Gasteiger charge is -2.31. The fraction of sp³-hybridized carbons (Fsp3) is 0.692. The summed E-state index contributed by atoms with van der Waals surface area (Å²) in [5.41, 5.74) is 1.41. The number of hydrogen-bond acceptors (Lipinski definition) is 3. The first kappa shape index (κ1) is 14.1. The molecule has 1 N–H and O–H groups in total. The van der Waals surface area contributed by atoms with E-state index in [0.29, 0.717) is 10.8 Å². The van der Waals surface area contributed by atoms with Crippen LogP contribution in [0.4, 0.5) is 0 Å². The topological polar surface area (TPSA) is 12.0 Å². The summed E-state index contributed by atoms with van der Waals surface area (Å²) in [5.74, 6) is 0. The third kappa shape index (κ3) is 3.51. The smallest absolute Gasteiger partial charge is 0.0300 e. The summed E-state index contributed by atoms with van der Waals surface area (Å²) in [6, 6.07) is 2.68. The van der Waals surface area contributed by atoms with Crippen LogP contribution in [0.1, 0.15) is 45.2 Å². The molecule has 0 aliphatic carbocycles. The molecular weight excluding hydrogens is 234 g/mol. The molecule has 1 atom stereocenters. The highest BCUT2D eigenvalue weighted by molar-refractivity contribution is 8.00. The normalized spacial score (nSPS) is 14.0. The van der Waals surface area contributed by atoms with Gasteiger partial charge in [-0.3, -0.25) is 0 Å². The van der Waals surface area contributed by atoms with Gasteiger partial charge in [-0.1, -0.05) is 13.8 Å². The van der Waals surface area contributed by atoms with Crippen molar-refractivity contribution >= 4 is 23.1 Å². The molecule has 0 spiro atoms. The van der Waals surface area contributed by atoms with Crippen LogP contribution in [0.2, 0.25) is 0 Å². The van der Waals surface area contributed by atoms with Crippen LogP contribution in [-0.4, -0.2) is 17.5 Å². The number of nitrogens with one attached hydrogen (secondary N) is 1. The minimum atomic E-state index is 0.407. The Balaban J connectivity index is 2.49. The SMILES string of the molecule is CCC(CC)(CNC(C)c1ccsc1)SC. The van der Waals surface area contributed by atoms with Crippen molar-refractivity contribution in [2.24, 2.45) is 0 Å². The minimum Gasteiger partial charge on any atom is -0.309 e. The first-order valence-electron chi connectivity index (χ1n) is 5.98. The van der Waals surface area contributed by atoms with Crippen LogP contribution in [-0.2, 0) is 0 Å². The van der Waals surface area contributed by atoms with Gasteiger partial charge in [-0.05, 0) is 48.4 Å². The molecule has 0 aliphatic rings. The van der Waals surface area contributed by atoms with Crippen LogP contribution < -0.4 is 5.32 Å². The molecule has 1 aromatic heterocycles. The van der Waals surface area contributed by atoms with E-state index >= 15 is 0 Å². The van der Waals surface area contributed by atoms with Gasteiger partial charge in [0.2, 0.25) is 0 Å². The number of hydrogen-bond donors (Lipinski definition) is 1. The number of thiophene rings is 1. The highest BCUT2D eigenvalue weighted by Gasteiger charge is 2.25. The standard InChI is InChI=1S/C13H23NS2/c1-5-13(6-2,15-4)10-14-11(3)12-7-8-16-9-12/h7-9,11,14H,5-6,10H2,1-4H3. The lowest BCUT2D eigenvalue weighted by molar-refractivity contribution is 0.460. The van der Waals surface area contributed by atoms with Crippen LogP contribution >= 0.6 is 23.1 Å². The highest BCUT2D eigenvalue weighted by atomic mass is 32.2. The zero-order valence-corrected chi connectivity index (χ0v) is 12.4. The van der Waals surface area contributed by atoms with E-state index in [2.05, 4.69) is 49.2 Å². The average molecular weight is 257 g/mol. The highest BCUT2D eigenvalue weighted by Crippen LogP contribution is 2.30. The summed E-state index contributed by atoms with van der Waals surface area (Å²) in [6.07, 6.45) is 4.69. The molecule has 0 saturated carbocycles. The molecule has 3 heteroatoms. The Labute approximate surface area is 108 Å². The monoisotopic (exact) mass is 257 g/mol. The predicted molar refractivity (Wildman–Crippen MR) is 77.6 cm³/mol. The van der Waals surface area contributed by atoms with E-state index in [4.69, 9.17) is 0 Å². The maximum absolute atomic E-state index is 3.66. The van der Waals surface area contributed by atoms with E-state index in [9.17, 15) is 0 Å². The minimum absolute atomic E-state index is 0.407. The van der Waals surface area contributed by atoms with E-state index in [0.717, 1.165) is 6.54 Å². The molecule has 1 rings (SSSR count). The Morgan fingerprint density at radius 2 is 2.12 bits per heavy atom. The Hall–Kier alpha value is 0.01000. The van der Waals surface area contributed by atoms with Crippen molar-refractivity contribution in [3.63, 3.8) is 0 Å². The second kappa shape index (κ2) is 6.67.